The number of aromatic nitrogens is 2. The molecule has 3 aromatic rings. The second kappa shape index (κ2) is 8.57. The van der Waals surface area contributed by atoms with Gasteiger partial charge in [-0.15, -0.1) is 0 Å². The maximum atomic E-state index is 12.7. The van der Waals surface area contributed by atoms with Crippen LogP contribution in [0.1, 0.15) is 24.3 Å². The lowest BCUT2D eigenvalue weighted by Crippen LogP contribution is -2.35. The van der Waals surface area contributed by atoms with Gasteiger partial charge in [-0.05, 0) is 49.1 Å². The Morgan fingerprint density at radius 3 is 2.46 bits per heavy atom. The van der Waals surface area contributed by atoms with Gasteiger partial charge in [0.1, 0.15) is 0 Å². The molecular weight excluding hydrogens is 374 g/mol. The van der Waals surface area contributed by atoms with Crippen molar-refractivity contribution in [3.05, 3.63) is 71.1 Å². The minimum atomic E-state index is 0.197. The van der Waals surface area contributed by atoms with E-state index in [-0.39, 0.29) is 11.8 Å². The third-order valence-corrected chi connectivity index (χ3v) is 5.17. The fourth-order valence-electron chi connectivity index (χ4n) is 3.13. The number of carbonyl (C=O) groups is 1. The number of carbonyl (C=O) groups excluding carboxylic acids is 1. The maximum Gasteiger partial charge on any atom is 0.228 e. The lowest BCUT2D eigenvalue weighted by atomic mass is 10.1. The molecule has 0 aliphatic heterocycles. The molecule has 1 amide bonds. The molecule has 5 nitrogen and oxygen atoms in total. The van der Waals surface area contributed by atoms with Crippen molar-refractivity contribution in [2.45, 2.75) is 25.7 Å². The van der Waals surface area contributed by atoms with Crippen molar-refractivity contribution < 1.29 is 9.32 Å². The number of amides is 1. The fourth-order valence-corrected chi connectivity index (χ4v) is 3.26. The highest BCUT2D eigenvalue weighted by Crippen LogP contribution is 2.31. The first kappa shape index (κ1) is 18.7. The molecule has 0 atom stereocenters. The number of halogens is 1. The number of nitrogens with zero attached hydrogens (tertiary/aromatic N) is 3. The molecule has 144 valence electrons. The number of hydrogen-bond acceptors (Lipinski definition) is 4. The van der Waals surface area contributed by atoms with E-state index in [9.17, 15) is 4.79 Å². The molecule has 0 unspecified atom stereocenters. The molecule has 6 heteroatoms. The van der Waals surface area contributed by atoms with Gasteiger partial charge in [0, 0.05) is 36.0 Å². The summed E-state index contributed by atoms with van der Waals surface area (Å²) < 4.78 is 5.39. The van der Waals surface area contributed by atoms with Gasteiger partial charge in [-0.1, -0.05) is 47.1 Å². The molecule has 0 saturated heterocycles. The molecule has 1 aromatic heterocycles. The molecule has 1 aliphatic rings. The van der Waals surface area contributed by atoms with E-state index in [1.165, 1.54) is 5.56 Å². The van der Waals surface area contributed by atoms with E-state index >= 15 is 0 Å². The number of hydrogen-bond donors (Lipinski definition) is 0. The van der Waals surface area contributed by atoms with Crippen LogP contribution in [0.25, 0.3) is 11.4 Å². The summed E-state index contributed by atoms with van der Waals surface area (Å²) in [6.45, 7) is 1.29. The van der Waals surface area contributed by atoms with Crippen molar-refractivity contribution in [3.63, 3.8) is 0 Å². The molecule has 28 heavy (non-hydrogen) atoms. The van der Waals surface area contributed by atoms with Crippen molar-refractivity contribution >= 4 is 17.5 Å². The summed E-state index contributed by atoms with van der Waals surface area (Å²) in [5.74, 6) is 1.52. The topological polar surface area (TPSA) is 59.2 Å². The van der Waals surface area contributed by atoms with Crippen molar-refractivity contribution in [3.8, 4) is 11.4 Å². The second-order valence-corrected chi connectivity index (χ2v) is 7.54. The average Bonchev–Trinajstić information content (AvgIpc) is 3.47. The summed E-state index contributed by atoms with van der Waals surface area (Å²) in [4.78, 5) is 19.1. The molecule has 0 bridgehead atoms. The first-order chi connectivity index (χ1) is 13.7. The summed E-state index contributed by atoms with van der Waals surface area (Å²) >= 11 is 5.92. The van der Waals surface area contributed by atoms with E-state index in [4.69, 9.17) is 16.1 Å². The van der Waals surface area contributed by atoms with Crippen LogP contribution in [0.2, 0.25) is 5.02 Å². The Kier molecular flexibility index (Phi) is 5.72. The molecule has 0 spiro atoms. The monoisotopic (exact) mass is 395 g/mol. The lowest BCUT2D eigenvalue weighted by Gasteiger charge is -2.22. The second-order valence-electron chi connectivity index (χ2n) is 7.10. The molecule has 1 saturated carbocycles. The fraction of sp³-hybridized carbons (Fsp3) is 0.318. The van der Waals surface area contributed by atoms with Crippen LogP contribution in [-0.4, -0.2) is 34.0 Å². The van der Waals surface area contributed by atoms with E-state index < -0.39 is 0 Å². The van der Waals surface area contributed by atoms with Gasteiger partial charge in [0.2, 0.25) is 17.6 Å². The molecular formula is C22H22ClN3O2. The average molecular weight is 396 g/mol. The van der Waals surface area contributed by atoms with Crippen LogP contribution < -0.4 is 0 Å². The Labute approximate surface area is 169 Å². The van der Waals surface area contributed by atoms with Crippen LogP contribution in [0.5, 0.6) is 0 Å². The van der Waals surface area contributed by atoms with Crippen LogP contribution in [0.15, 0.2) is 59.1 Å². The van der Waals surface area contributed by atoms with Gasteiger partial charge in [-0.25, -0.2) is 0 Å². The van der Waals surface area contributed by atoms with Crippen molar-refractivity contribution in [2.24, 2.45) is 5.92 Å². The van der Waals surface area contributed by atoms with Gasteiger partial charge < -0.3 is 9.42 Å². The predicted octanol–water partition coefficient (Wildman–Crippen LogP) is 4.41. The highest BCUT2D eigenvalue weighted by atomic mass is 35.5. The van der Waals surface area contributed by atoms with E-state index in [1.807, 2.05) is 35.2 Å². The predicted molar refractivity (Wildman–Crippen MR) is 108 cm³/mol. The Morgan fingerprint density at radius 2 is 1.75 bits per heavy atom. The summed E-state index contributed by atoms with van der Waals surface area (Å²) in [6, 6.07) is 17.6. The minimum absolute atomic E-state index is 0.197. The van der Waals surface area contributed by atoms with Gasteiger partial charge in [0.05, 0.1) is 0 Å². The third kappa shape index (κ3) is 4.78. The first-order valence-electron chi connectivity index (χ1n) is 9.60. The lowest BCUT2D eigenvalue weighted by molar-refractivity contribution is -0.132. The van der Waals surface area contributed by atoms with E-state index in [1.54, 1.807) is 12.1 Å². The zero-order valence-electron chi connectivity index (χ0n) is 15.6. The van der Waals surface area contributed by atoms with Crippen LogP contribution in [0.3, 0.4) is 0 Å². The maximum absolute atomic E-state index is 12.7. The largest absolute Gasteiger partial charge is 0.342 e. The van der Waals surface area contributed by atoms with Gasteiger partial charge in [-0.2, -0.15) is 4.98 Å². The van der Waals surface area contributed by atoms with Gasteiger partial charge >= 0.3 is 0 Å². The van der Waals surface area contributed by atoms with E-state index in [0.29, 0.717) is 36.2 Å². The van der Waals surface area contributed by atoms with Crippen LogP contribution >= 0.6 is 11.6 Å². The highest BCUT2D eigenvalue weighted by molar-refractivity contribution is 6.30. The van der Waals surface area contributed by atoms with E-state index in [0.717, 1.165) is 24.8 Å². The van der Waals surface area contributed by atoms with Gasteiger partial charge in [0.15, 0.2) is 0 Å². The zero-order valence-corrected chi connectivity index (χ0v) is 16.3. The highest BCUT2D eigenvalue weighted by Gasteiger charge is 2.33. The first-order valence-corrected chi connectivity index (χ1v) is 9.98. The van der Waals surface area contributed by atoms with Crippen LogP contribution in [0.4, 0.5) is 0 Å². The summed E-state index contributed by atoms with van der Waals surface area (Å²) in [7, 11) is 0. The smallest absolute Gasteiger partial charge is 0.228 e. The third-order valence-electron chi connectivity index (χ3n) is 4.92. The van der Waals surface area contributed by atoms with Crippen molar-refractivity contribution in [1.29, 1.82) is 0 Å². The standard InChI is InChI=1S/C22H22ClN3O2/c23-19-10-8-17(9-11-19)21-24-20(28-25-21)13-15-26(22(27)18-6-7-18)14-12-16-4-2-1-3-5-16/h1-5,8-11,18H,6-7,12-15H2. The number of rotatable bonds is 8. The van der Waals surface area contributed by atoms with Crippen LogP contribution in [-0.2, 0) is 17.6 Å². The molecule has 1 heterocycles. The van der Waals surface area contributed by atoms with Gasteiger partial charge in [0.25, 0.3) is 0 Å². The molecule has 0 N–H and O–H groups in total. The quantitative estimate of drug-likeness (QED) is 0.566. The Hall–Kier alpha value is -2.66. The molecule has 2 aromatic carbocycles. The summed E-state index contributed by atoms with van der Waals surface area (Å²) in [5.41, 5.74) is 2.09. The summed E-state index contributed by atoms with van der Waals surface area (Å²) in [6.07, 6.45) is 3.40. The summed E-state index contributed by atoms with van der Waals surface area (Å²) in [5, 5.41) is 4.71. The Bertz CT molecular complexity index is 920. The molecule has 1 fully saturated rings. The molecule has 0 radical (unpaired) electrons. The normalized spacial score (nSPS) is 13.5. The van der Waals surface area contributed by atoms with Crippen molar-refractivity contribution in [1.82, 2.24) is 15.0 Å². The minimum Gasteiger partial charge on any atom is -0.342 e. The Morgan fingerprint density at radius 1 is 1.04 bits per heavy atom. The van der Waals surface area contributed by atoms with Crippen molar-refractivity contribution in [2.75, 3.05) is 13.1 Å². The van der Waals surface area contributed by atoms with E-state index in [2.05, 4.69) is 22.3 Å². The van der Waals surface area contributed by atoms with Gasteiger partial charge in [-0.3, -0.25) is 4.79 Å². The molecule has 4 rings (SSSR count). The zero-order chi connectivity index (χ0) is 19.3. The molecule has 1 aliphatic carbocycles. The Balaban J connectivity index is 1.38. The number of benzene rings is 2. The SMILES string of the molecule is O=C(C1CC1)N(CCc1ccccc1)CCc1nc(-c2ccc(Cl)cc2)no1. The van der Waals surface area contributed by atoms with Crippen LogP contribution in [0, 0.1) is 5.92 Å².